The first-order valence-electron chi connectivity index (χ1n) is 6.83. The normalized spacial score (nSPS) is 11.0. The predicted molar refractivity (Wildman–Crippen MR) is 73.6 cm³/mol. The molecule has 0 unspecified atom stereocenters. The molecule has 0 atom stereocenters. The van der Waals surface area contributed by atoms with Crippen LogP contribution in [0.15, 0.2) is 18.3 Å². The van der Waals surface area contributed by atoms with Crippen LogP contribution in [0.4, 0.5) is 0 Å². The molecule has 1 heterocycles. The number of ether oxygens (including phenoxy) is 1. The Morgan fingerprint density at radius 1 is 1.28 bits per heavy atom. The minimum absolute atomic E-state index is 0.318. The predicted octanol–water partition coefficient (Wildman–Crippen LogP) is 1.78. The first-order valence-corrected chi connectivity index (χ1v) is 6.83. The molecule has 0 aliphatic rings. The molecule has 0 aliphatic heterocycles. The maximum Gasteiger partial charge on any atom is 0.0587 e. The molecule has 18 heavy (non-hydrogen) atoms. The highest BCUT2D eigenvalue weighted by molar-refractivity contribution is 5.06. The number of nitrogens with one attached hydrogen (secondary N) is 1. The maximum absolute atomic E-state index is 8.71. The van der Waals surface area contributed by atoms with E-state index in [4.69, 9.17) is 9.84 Å². The Labute approximate surface area is 110 Å². The van der Waals surface area contributed by atoms with E-state index in [2.05, 4.69) is 28.2 Å². The number of rotatable bonds is 11. The van der Waals surface area contributed by atoms with Crippen LogP contribution >= 0.6 is 0 Å². The Balaban J connectivity index is 2.18. The quantitative estimate of drug-likeness (QED) is 0.592. The Morgan fingerprint density at radius 3 is 2.89 bits per heavy atom. The van der Waals surface area contributed by atoms with Gasteiger partial charge in [0, 0.05) is 45.2 Å². The van der Waals surface area contributed by atoms with Crippen molar-refractivity contribution in [2.24, 2.45) is 0 Å². The molecule has 1 aromatic rings. The minimum Gasteiger partial charge on any atom is -0.396 e. The Bertz CT molecular complexity index is 300. The fourth-order valence-corrected chi connectivity index (χ4v) is 1.97. The standard InChI is InChI=1S/C14H26N2O2/c1-18-12-8-15-13-14-7-6-10-16(14)9-4-2-3-5-11-17/h6-7,10,15,17H,2-5,8-9,11-13H2,1H3. The monoisotopic (exact) mass is 254 g/mol. The van der Waals surface area contributed by atoms with E-state index in [0.717, 1.165) is 39.1 Å². The number of aliphatic hydroxyl groups is 1. The van der Waals surface area contributed by atoms with E-state index in [1.54, 1.807) is 7.11 Å². The number of nitrogens with zero attached hydrogens (tertiary/aromatic N) is 1. The first-order chi connectivity index (χ1) is 8.88. The summed E-state index contributed by atoms with van der Waals surface area (Å²) >= 11 is 0. The van der Waals surface area contributed by atoms with Gasteiger partial charge in [-0.3, -0.25) is 0 Å². The molecular weight excluding hydrogens is 228 g/mol. The fourth-order valence-electron chi connectivity index (χ4n) is 1.97. The summed E-state index contributed by atoms with van der Waals surface area (Å²) in [6, 6.07) is 4.26. The smallest absolute Gasteiger partial charge is 0.0587 e. The largest absolute Gasteiger partial charge is 0.396 e. The zero-order valence-corrected chi connectivity index (χ0v) is 11.4. The van der Waals surface area contributed by atoms with E-state index in [1.165, 1.54) is 18.5 Å². The van der Waals surface area contributed by atoms with Crippen LogP contribution < -0.4 is 5.32 Å². The molecule has 4 nitrogen and oxygen atoms in total. The van der Waals surface area contributed by atoms with Crippen molar-refractivity contribution >= 4 is 0 Å². The van der Waals surface area contributed by atoms with Crippen LogP contribution in [-0.2, 0) is 17.8 Å². The maximum atomic E-state index is 8.71. The van der Waals surface area contributed by atoms with Gasteiger partial charge in [-0.1, -0.05) is 12.8 Å². The van der Waals surface area contributed by atoms with Crippen molar-refractivity contribution < 1.29 is 9.84 Å². The molecule has 0 aliphatic carbocycles. The third-order valence-electron chi connectivity index (χ3n) is 3.02. The molecule has 0 saturated heterocycles. The van der Waals surface area contributed by atoms with Gasteiger partial charge < -0.3 is 19.7 Å². The van der Waals surface area contributed by atoms with Gasteiger partial charge in [-0.2, -0.15) is 0 Å². The van der Waals surface area contributed by atoms with Crippen LogP contribution in [-0.4, -0.2) is 36.5 Å². The van der Waals surface area contributed by atoms with Crippen molar-refractivity contribution in [2.75, 3.05) is 26.9 Å². The molecule has 0 spiro atoms. The lowest BCUT2D eigenvalue weighted by Crippen LogP contribution is -2.20. The van der Waals surface area contributed by atoms with E-state index in [9.17, 15) is 0 Å². The molecule has 0 aromatic carbocycles. The van der Waals surface area contributed by atoms with Crippen LogP contribution in [0.5, 0.6) is 0 Å². The summed E-state index contributed by atoms with van der Waals surface area (Å²) < 4.78 is 7.31. The summed E-state index contributed by atoms with van der Waals surface area (Å²) in [7, 11) is 1.72. The van der Waals surface area contributed by atoms with Crippen molar-refractivity contribution in [1.82, 2.24) is 9.88 Å². The van der Waals surface area contributed by atoms with Crippen LogP contribution in [0.25, 0.3) is 0 Å². The average Bonchev–Trinajstić information content (AvgIpc) is 2.82. The van der Waals surface area contributed by atoms with Crippen LogP contribution in [0.2, 0.25) is 0 Å². The highest BCUT2D eigenvalue weighted by Gasteiger charge is 2.00. The van der Waals surface area contributed by atoms with Gasteiger partial charge in [-0.05, 0) is 25.0 Å². The number of unbranched alkanes of at least 4 members (excludes halogenated alkanes) is 3. The van der Waals surface area contributed by atoms with E-state index >= 15 is 0 Å². The molecule has 1 rings (SSSR count). The van der Waals surface area contributed by atoms with Gasteiger partial charge in [0.15, 0.2) is 0 Å². The summed E-state index contributed by atoms with van der Waals surface area (Å²) in [5.41, 5.74) is 1.33. The minimum atomic E-state index is 0.318. The topological polar surface area (TPSA) is 46.4 Å². The highest BCUT2D eigenvalue weighted by Crippen LogP contribution is 2.06. The van der Waals surface area contributed by atoms with E-state index < -0.39 is 0 Å². The summed E-state index contributed by atoms with van der Waals surface area (Å²) in [5, 5.41) is 12.1. The van der Waals surface area contributed by atoms with Crippen molar-refractivity contribution in [3.63, 3.8) is 0 Å². The second-order valence-corrected chi connectivity index (χ2v) is 4.50. The summed E-state index contributed by atoms with van der Waals surface area (Å²) in [6.45, 7) is 3.92. The van der Waals surface area contributed by atoms with E-state index in [-0.39, 0.29) is 0 Å². The van der Waals surface area contributed by atoms with Crippen LogP contribution in [0.3, 0.4) is 0 Å². The lowest BCUT2D eigenvalue weighted by Gasteiger charge is -2.10. The number of hydrogen-bond acceptors (Lipinski definition) is 3. The van der Waals surface area contributed by atoms with Gasteiger partial charge >= 0.3 is 0 Å². The fraction of sp³-hybridized carbons (Fsp3) is 0.714. The molecule has 1 aromatic heterocycles. The first kappa shape index (κ1) is 15.2. The van der Waals surface area contributed by atoms with Crippen molar-refractivity contribution in [3.8, 4) is 0 Å². The summed E-state index contributed by atoms with van der Waals surface area (Å²) in [5.74, 6) is 0. The van der Waals surface area contributed by atoms with E-state index in [1.807, 2.05) is 0 Å². The highest BCUT2D eigenvalue weighted by atomic mass is 16.5. The number of aliphatic hydroxyl groups excluding tert-OH is 1. The van der Waals surface area contributed by atoms with Gasteiger partial charge in [-0.25, -0.2) is 0 Å². The van der Waals surface area contributed by atoms with Crippen LogP contribution in [0, 0.1) is 0 Å². The van der Waals surface area contributed by atoms with Crippen molar-refractivity contribution in [1.29, 1.82) is 0 Å². The lowest BCUT2D eigenvalue weighted by molar-refractivity contribution is 0.199. The summed E-state index contributed by atoms with van der Waals surface area (Å²) in [4.78, 5) is 0. The number of hydrogen-bond donors (Lipinski definition) is 2. The van der Waals surface area contributed by atoms with Gasteiger partial charge in [0.1, 0.15) is 0 Å². The Hall–Kier alpha value is -0.840. The molecule has 2 N–H and O–H groups in total. The molecule has 0 bridgehead atoms. The second kappa shape index (κ2) is 10.1. The number of aryl methyl sites for hydroxylation is 1. The summed E-state index contributed by atoms with van der Waals surface area (Å²) in [6.07, 6.45) is 6.56. The third-order valence-corrected chi connectivity index (χ3v) is 3.02. The molecule has 0 fully saturated rings. The van der Waals surface area contributed by atoms with Crippen molar-refractivity contribution in [2.45, 2.75) is 38.8 Å². The molecular formula is C14H26N2O2. The van der Waals surface area contributed by atoms with Crippen molar-refractivity contribution in [3.05, 3.63) is 24.0 Å². The van der Waals surface area contributed by atoms with Gasteiger partial charge in [0.25, 0.3) is 0 Å². The Morgan fingerprint density at radius 2 is 2.11 bits per heavy atom. The van der Waals surface area contributed by atoms with Gasteiger partial charge in [0.05, 0.1) is 6.61 Å². The molecule has 4 heteroatoms. The third kappa shape index (κ3) is 6.19. The number of aromatic nitrogens is 1. The van der Waals surface area contributed by atoms with Crippen LogP contribution in [0.1, 0.15) is 31.4 Å². The zero-order valence-electron chi connectivity index (χ0n) is 11.4. The lowest BCUT2D eigenvalue weighted by atomic mass is 10.2. The molecule has 0 saturated carbocycles. The van der Waals surface area contributed by atoms with E-state index in [0.29, 0.717) is 6.61 Å². The molecule has 0 radical (unpaired) electrons. The molecule has 0 amide bonds. The SMILES string of the molecule is COCCNCc1cccn1CCCCCCO. The van der Waals surface area contributed by atoms with Gasteiger partial charge in [0.2, 0.25) is 0 Å². The Kier molecular flexibility index (Phi) is 8.55. The zero-order chi connectivity index (χ0) is 13.1. The second-order valence-electron chi connectivity index (χ2n) is 4.50. The average molecular weight is 254 g/mol. The number of methoxy groups -OCH3 is 1. The molecule has 104 valence electrons. The van der Waals surface area contributed by atoms with Gasteiger partial charge in [-0.15, -0.1) is 0 Å².